The molecule has 4 heteroatoms. The third-order valence-corrected chi connectivity index (χ3v) is 12.9. The van der Waals surface area contributed by atoms with Crippen molar-refractivity contribution in [2.45, 2.75) is 236 Å². The smallest absolute Gasteiger partial charge is 0.301 e. The molecule has 6 saturated carbocycles. The second-order valence-electron chi connectivity index (χ2n) is 15.7. The van der Waals surface area contributed by atoms with Gasteiger partial charge in [0, 0.05) is 12.1 Å². The van der Waals surface area contributed by atoms with Gasteiger partial charge in [0.15, 0.2) is 0 Å². The molecule has 248 valence electrons. The van der Waals surface area contributed by atoms with E-state index in [0.29, 0.717) is 6.04 Å². The predicted molar refractivity (Wildman–Crippen MR) is 181 cm³/mol. The Morgan fingerprint density at radius 3 is 1.09 bits per heavy atom. The van der Waals surface area contributed by atoms with Crippen LogP contribution in [0.15, 0.2) is 4.99 Å². The Bertz CT molecular complexity index is 713. The van der Waals surface area contributed by atoms with Crippen molar-refractivity contribution < 1.29 is 9.59 Å². The van der Waals surface area contributed by atoms with Gasteiger partial charge in [-0.15, -0.1) is 6.61 Å². The minimum atomic E-state index is 0. The van der Waals surface area contributed by atoms with Crippen molar-refractivity contribution in [3.63, 3.8) is 0 Å². The first-order valence-electron chi connectivity index (χ1n) is 20.1. The molecule has 0 unspecified atom stereocenters. The van der Waals surface area contributed by atoms with E-state index in [4.69, 9.17) is 10.1 Å². The fourth-order valence-corrected chi connectivity index (χ4v) is 11.0. The minimum absolute atomic E-state index is 0. The molecule has 6 fully saturated rings. The molecule has 0 atom stereocenters. The lowest BCUT2D eigenvalue weighted by atomic mass is 9.80. The third-order valence-electron chi connectivity index (χ3n) is 12.9. The maximum Gasteiger partial charge on any atom is 0.301 e. The molecule has 0 saturated heterocycles. The van der Waals surface area contributed by atoms with Crippen LogP contribution < -0.4 is 5.11 Å². The van der Waals surface area contributed by atoms with Crippen LogP contribution in [0, 0.1) is 0 Å². The van der Waals surface area contributed by atoms with Crippen LogP contribution in [0.25, 0.3) is 0 Å². The number of aliphatic imine (C=N–C) groups is 1. The van der Waals surface area contributed by atoms with Gasteiger partial charge in [-0.05, 0) is 116 Å². The number of hydrogen-bond donors (Lipinski definition) is 0. The van der Waals surface area contributed by atoms with Crippen LogP contribution in [0.3, 0.4) is 0 Å². The van der Waals surface area contributed by atoms with Crippen molar-refractivity contribution in [3.8, 4) is 0 Å². The van der Waals surface area contributed by atoms with Gasteiger partial charge in [-0.1, -0.05) is 84.0 Å². The lowest BCUT2D eigenvalue weighted by Gasteiger charge is -2.60. The van der Waals surface area contributed by atoms with Gasteiger partial charge < -0.3 is 10.0 Å². The number of guanidine groups is 1. The van der Waals surface area contributed by atoms with Crippen molar-refractivity contribution in [1.29, 1.82) is 0 Å². The van der Waals surface area contributed by atoms with E-state index in [2.05, 4.69) is 4.90 Å². The normalized spacial score (nSPS) is 27.4. The summed E-state index contributed by atoms with van der Waals surface area (Å²) in [5.74, 6) is 1.75. The Kier molecular flexibility index (Phi) is 14.1. The zero-order valence-electron chi connectivity index (χ0n) is 28.6. The highest BCUT2D eigenvalue weighted by atomic mass is 16.2. The van der Waals surface area contributed by atoms with Gasteiger partial charge in [0.1, 0.15) is 0 Å². The summed E-state index contributed by atoms with van der Waals surface area (Å²) in [6.07, 6.45) is 43.8. The quantitative estimate of drug-likeness (QED) is 0.174. The van der Waals surface area contributed by atoms with Crippen molar-refractivity contribution >= 4 is 5.96 Å². The summed E-state index contributed by atoms with van der Waals surface area (Å²) in [4.78, 5) is 9.53. The average Bonchev–Trinajstić information content (AvgIpc) is 3.09. The van der Waals surface area contributed by atoms with Crippen molar-refractivity contribution in [2.24, 2.45) is 4.99 Å². The molecule has 0 aromatic carbocycles. The molecule has 0 aromatic rings. The van der Waals surface area contributed by atoms with Gasteiger partial charge >= 0.3 is 5.96 Å². The molecule has 0 amide bonds. The summed E-state index contributed by atoms with van der Waals surface area (Å²) in [5.41, 5.74) is 0. The van der Waals surface area contributed by atoms with Gasteiger partial charge in [-0.25, -0.2) is 4.99 Å². The fraction of sp³-hybridized carbons (Fsp3) is 0.974. The van der Waals surface area contributed by atoms with Crippen molar-refractivity contribution in [3.05, 3.63) is 0 Å². The lowest BCUT2D eigenvalue weighted by molar-refractivity contribution is -0.925. The second kappa shape index (κ2) is 17.9. The molecule has 6 rings (SSSR count). The fourth-order valence-electron chi connectivity index (χ4n) is 11.0. The molecule has 43 heavy (non-hydrogen) atoms. The highest BCUT2D eigenvalue weighted by Crippen LogP contribution is 2.46. The molecule has 6 aliphatic carbocycles. The number of rotatable bonds is 6. The first-order chi connectivity index (χ1) is 21.3. The van der Waals surface area contributed by atoms with Gasteiger partial charge in [-0.3, -0.25) is 4.48 Å². The summed E-state index contributed by atoms with van der Waals surface area (Å²) in [6, 6.07) is 4.68. The van der Waals surface area contributed by atoms with Gasteiger partial charge in [0.2, 0.25) is 0 Å². The number of hydrogen-bond acceptors (Lipinski definition) is 2. The van der Waals surface area contributed by atoms with Crippen LogP contribution in [0.4, 0.5) is 0 Å². The molecule has 0 aliphatic heterocycles. The highest BCUT2D eigenvalue weighted by molar-refractivity contribution is 5.75. The largest absolute Gasteiger partial charge is 0.855 e. The minimum Gasteiger partial charge on any atom is -0.855 e. The van der Waals surface area contributed by atoms with Gasteiger partial charge in [0.05, 0.1) is 24.2 Å². The van der Waals surface area contributed by atoms with E-state index in [0.717, 1.165) is 30.2 Å². The SMILES string of the molecule is C1CCC(N=C(N(C2CCCCC2)C2CCCCC2)[N+](C2CCCCC2)(C2CCCCC2)C2CCCCC2)CC1.CC[O-]. The first kappa shape index (κ1) is 33.7. The molecule has 0 spiro atoms. The standard InChI is InChI=1S/C37H66N3.C2H5O/c1-7-19-31(20-8-1)38-37(39(32-21-9-2-10-22-32)33-23-11-3-12-24-33)40(34-25-13-4-14-26-34,35-27-15-5-16-28-35)36-29-17-6-18-30-36;1-2-3/h31-36H,1-30H2;2H2,1H3/q+1;-1. The van der Waals surface area contributed by atoms with Gasteiger partial charge in [-0.2, -0.15) is 0 Å². The summed E-state index contributed by atoms with van der Waals surface area (Å²) in [5, 5.41) is 8.93. The Morgan fingerprint density at radius 1 is 0.488 bits per heavy atom. The topological polar surface area (TPSA) is 38.7 Å². The lowest BCUT2D eigenvalue weighted by Crippen LogP contribution is -2.75. The molecule has 6 aliphatic rings. The third kappa shape index (κ3) is 8.41. The molecule has 0 heterocycles. The van der Waals surface area contributed by atoms with E-state index in [1.807, 2.05) is 0 Å². The van der Waals surface area contributed by atoms with E-state index in [1.165, 1.54) is 197 Å². The Hall–Kier alpha value is -0.610. The number of nitrogens with zero attached hydrogens (tertiary/aromatic N) is 3. The molecular weight excluding hydrogens is 526 g/mol. The van der Waals surface area contributed by atoms with E-state index >= 15 is 0 Å². The molecule has 4 nitrogen and oxygen atoms in total. The van der Waals surface area contributed by atoms with E-state index in [9.17, 15) is 0 Å². The molecule has 0 bridgehead atoms. The van der Waals surface area contributed by atoms with E-state index in [1.54, 1.807) is 12.9 Å². The van der Waals surface area contributed by atoms with E-state index < -0.39 is 0 Å². The average molecular weight is 598 g/mol. The molecule has 0 aromatic heterocycles. The Labute approximate surface area is 267 Å². The van der Waals surface area contributed by atoms with Crippen LogP contribution in [-0.2, 0) is 0 Å². The Morgan fingerprint density at radius 2 is 0.767 bits per heavy atom. The van der Waals surface area contributed by atoms with Crippen LogP contribution in [-0.4, -0.2) is 58.2 Å². The van der Waals surface area contributed by atoms with Gasteiger partial charge in [0.25, 0.3) is 0 Å². The summed E-state index contributed by atoms with van der Waals surface area (Å²) in [6.45, 7) is 1.57. The van der Waals surface area contributed by atoms with Crippen LogP contribution in [0.2, 0.25) is 0 Å². The Balaban J connectivity index is 0.00000118. The van der Waals surface area contributed by atoms with Crippen LogP contribution >= 0.6 is 0 Å². The maximum atomic E-state index is 8.93. The molecular formula is C39H71N3O. The number of quaternary nitrogens is 1. The summed E-state index contributed by atoms with van der Waals surface area (Å²) in [7, 11) is 0. The molecule has 0 N–H and O–H groups in total. The highest BCUT2D eigenvalue weighted by Gasteiger charge is 2.57. The molecule has 0 radical (unpaired) electrons. The van der Waals surface area contributed by atoms with E-state index in [-0.39, 0.29) is 6.61 Å². The first-order valence-corrected chi connectivity index (χ1v) is 20.1. The van der Waals surface area contributed by atoms with Crippen LogP contribution in [0.5, 0.6) is 0 Å². The summed E-state index contributed by atoms with van der Waals surface area (Å²) < 4.78 is 1.39. The predicted octanol–water partition coefficient (Wildman–Crippen LogP) is 9.82. The second-order valence-corrected chi connectivity index (χ2v) is 15.7. The van der Waals surface area contributed by atoms with Crippen molar-refractivity contribution in [1.82, 2.24) is 4.90 Å². The van der Waals surface area contributed by atoms with Crippen molar-refractivity contribution in [2.75, 3.05) is 6.61 Å². The monoisotopic (exact) mass is 598 g/mol. The zero-order valence-corrected chi connectivity index (χ0v) is 28.6. The zero-order chi connectivity index (χ0) is 29.7. The maximum absolute atomic E-state index is 8.93. The van der Waals surface area contributed by atoms with Crippen LogP contribution in [0.1, 0.15) is 200 Å². The summed E-state index contributed by atoms with van der Waals surface area (Å²) >= 11 is 0.